The summed E-state index contributed by atoms with van der Waals surface area (Å²) in [5.41, 5.74) is 2.57. The standard InChI is InChI=1S/C25H29N3O6S/c1-4-26-22-13-12-20(25(30)34-5-2)18-23(22)28(15-9-17-35(31,32)33)24(26)14-16-27(19(3)29)21-10-7-6-8-11-21/h6-8,10-14,16,18H,4-5,9,15,17H2,1-3H3. The molecule has 186 valence electrons. The topological polar surface area (TPSA) is 113 Å². The average Bonchev–Trinajstić information content (AvgIpc) is 3.11. The SMILES string of the molecule is CCOC(=O)c1ccc2c(c1)n(CCCS(=O)(=O)[O-])c(/C=C/N(C(C)=O)c1ccccc1)[n+]2CC. The number of hydrogen-bond donors (Lipinski definition) is 0. The van der Waals surface area contributed by atoms with Crippen molar-refractivity contribution in [1.82, 2.24) is 4.57 Å². The average molecular weight is 500 g/mol. The minimum Gasteiger partial charge on any atom is -0.748 e. The maximum atomic E-state index is 12.3. The molecule has 2 aromatic carbocycles. The first-order chi connectivity index (χ1) is 16.7. The lowest BCUT2D eigenvalue weighted by Gasteiger charge is -2.16. The lowest BCUT2D eigenvalue weighted by molar-refractivity contribution is -0.670. The second-order valence-electron chi connectivity index (χ2n) is 7.83. The third-order valence-corrected chi connectivity index (χ3v) is 6.25. The number of rotatable bonds is 10. The van der Waals surface area contributed by atoms with E-state index in [2.05, 4.69) is 0 Å². The molecule has 0 aliphatic rings. The largest absolute Gasteiger partial charge is 0.748 e. The van der Waals surface area contributed by atoms with Gasteiger partial charge >= 0.3 is 5.97 Å². The van der Waals surface area contributed by atoms with Crippen LogP contribution in [0.1, 0.15) is 43.4 Å². The zero-order valence-electron chi connectivity index (χ0n) is 20.0. The lowest BCUT2D eigenvalue weighted by Crippen LogP contribution is -2.35. The van der Waals surface area contributed by atoms with Crippen LogP contribution in [-0.4, -0.2) is 41.8 Å². The molecule has 9 nitrogen and oxygen atoms in total. The van der Waals surface area contributed by atoms with E-state index >= 15 is 0 Å². The normalized spacial score (nSPS) is 11.8. The van der Waals surface area contributed by atoms with E-state index in [4.69, 9.17) is 4.74 Å². The molecule has 0 bridgehead atoms. The molecule has 1 aromatic heterocycles. The van der Waals surface area contributed by atoms with Gasteiger partial charge in [0.05, 0.1) is 35.4 Å². The van der Waals surface area contributed by atoms with Crippen molar-refractivity contribution in [1.29, 1.82) is 0 Å². The highest BCUT2D eigenvalue weighted by atomic mass is 32.2. The van der Waals surface area contributed by atoms with Crippen LogP contribution < -0.4 is 9.47 Å². The third kappa shape index (κ3) is 6.34. The van der Waals surface area contributed by atoms with Crippen molar-refractivity contribution >= 4 is 44.8 Å². The number of hydrogen-bond acceptors (Lipinski definition) is 6. The fourth-order valence-corrected chi connectivity index (χ4v) is 4.43. The summed E-state index contributed by atoms with van der Waals surface area (Å²) in [4.78, 5) is 26.2. The molecule has 0 aliphatic carbocycles. The van der Waals surface area contributed by atoms with Crippen LogP contribution in [0.25, 0.3) is 17.1 Å². The molecular weight excluding hydrogens is 470 g/mol. The van der Waals surface area contributed by atoms with Crippen molar-refractivity contribution in [3.8, 4) is 0 Å². The molecule has 0 aliphatic heterocycles. The summed E-state index contributed by atoms with van der Waals surface area (Å²) >= 11 is 0. The second kappa shape index (κ2) is 11.3. The number of anilines is 1. The molecule has 0 unspecified atom stereocenters. The van der Waals surface area contributed by atoms with Gasteiger partial charge in [0.1, 0.15) is 0 Å². The summed E-state index contributed by atoms with van der Waals surface area (Å²) in [5, 5.41) is 0. The molecule has 10 heteroatoms. The number of amides is 1. The van der Waals surface area contributed by atoms with Crippen LogP contribution in [0, 0.1) is 0 Å². The van der Waals surface area contributed by atoms with E-state index in [1.54, 1.807) is 31.3 Å². The van der Waals surface area contributed by atoms with E-state index in [0.717, 1.165) is 5.52 Å². The van der Waals surface area contributed by atoms with Gasteiger partial charge < -0.3 is 9.29 Å². The molecule has 35 heavy (non-hydrogen) atoms. The molecule has 3 rings (SSSR count). The van der Waals surface area contributed by atoms with Crippen molar-refractivity contribution in [2.24, 2.45) is 0 Å². The van der Waals surface area contributed by atoms with Gasteiger partial charge in [-0.3, -0.25) is 9.69 Å². The Balaban J connectivity index is 2.14. The number of imidazole rings is 1. The predicted octanol–water partition coefficient (Wildman–Crippen LogP) is 3.08. The van der Waals surface area contributed by atoms with Gasteiger partial charge in [-0.15, -0.1) is 0 Å². The molecule has 0 atom stereocenters. The molecule has 0 fully saturated rings. The van der Waals surface area contributed by atoms with Crippen molar-refractivity contribution in [3.63, 3.8) is 0 Å². The van der Waals surface area contributed by atoms with E-state index in [1.807, 2.05) is 52.5 Å². The van der Waals surface area contributed by atoms with Crippen molar-refractivity contribution in [2.45, 2.75) is 40.3 Å². The minimum absolute atomic E-state index is 0.0961. The molecular formula is C25H29N3O6S. The van der Waals surface area contributed by atoms with Crippen LogP contribution in [0.3, 0.4) is 0 Å². The summed E-state index contributed by atoms with van der Waals surface area (Å²) < 4.78 is 42.6. The summed E-state index contributed by atoms with van der Waals surface area (Å²) in [6, 6.07) is 14.4. The third-order valence-electron chi connectivity index (χ3n) is 5.46. The Morgan fingerprint density at radius 3 is 2.46 bits per heavy atom. The Morgan fingerprint density at radius 2 is 1.86 bits per heavy atom. The van der Waals surface area contributed by atoms with E-state index in [-0.39, 0.29) is 25.5 Å². The van der Waals surface area contributed by atoms with Crippen LogP contribution in [0.15, 0.2) is 54.7 Å². The maximum Gasteiger partial charge on any atom is 0.338 e. The van der Waals surface area contributed by atoms with Crippen molar-refractivity contribution in [3.05, 3.63) is 66.1 Å². The number of fused-ring (bicyclic) bond motifs is 1. The number of para-hydroxylation sites is 1. The van der Waals surface area contributed by atoms with Crippen LogP contribution in [0.2, 0.25) is 0 Å². The number of aromatic nitrogens is 2. The molecule has 0 saturated carbocycles. The lowest BCUT2D eigenvalue weighted by atomic mass is 10.2. The molecule has 0 N–H and O–H groups in total. The molecule has 3 aromatic rings. The number of carbonyl (C=O) groups excluding carboxylic acids is 2. The Kier molecular flexibility index (Phi) is 8.42. The smallest absolute Gasteiger partial charge is 0.338 e. The first-order valence-corrected chi connectivity index (χ1v) is 12.9. The van der Waals surface area contributed by atoms with E-state index in [0.29, 0.717) is 29.1 Å². The van der Waals surface area contributed by atoms with Gasteiger partial charge in [-0.25, -0.2) is 22.3 Å². The zero-order chi connectivity index (χ0) is 25.6. The summed E-state index contributed by atoms with van der Waals surface area (Å²) in [7, 11) is -4.38. The first-order valence-electron chi connectivity index (χ1n) is 11.4. The Labute approximate surface area is 205 Å². The van der Waals surface area contributed by atoms with Gasteiger partial charge in [-0.05, 0) is 44.5 Å². The molecule has 0 radical (unpaired) electrons. The fraction of sp³-hybridized carbons (Fsp3) is 0.320. The van der Waals surface area contributed by atoms with E-state index < -0.39 is 21.8 Å². The molecule has 0 spiro atoms. The van der Waals surface area contributed by atoms with Gasteiger partial charge in [0.25, 0.3) is 5.82 Å². The number of benzene rings is 2. The quantitative estimate of drug-likeness (QED) is 0.241. The second-order valence-corrected chi connectivity index (χ2v) is 9.36. The van der Waals surface area contributed by atoms with Crippen LogP contribution in [0.4, 0.5) is 5.69 Å². The predicted molar refractivity (Wildman–Crippen MR) is 132 cm³/mol. The van der Waals surface area contributed by atoms with Gasteiger partial charge in [-0.2, -0.15) is 0 Å². The highest BCUT2D eigenvalue weighted by Gasteiger charge is 2.24. The van der Waals surface area contributed by atoms with Crippen LogP contribution in [0.5, 0.6) is 0 Å². The highest BCUT2D eigenvalue weighted by molar-refractivity contribution is 7.85. The van der Waals surface area contributed by atoms with E-state index in [1.165, 1.54) is 11.8 Å². The fourth-order valence-electron chi connectivity index (χ4n) is 3.95. The van der Waals surface area contributed by atoms with Crippen LogP contribution >= 0.6 is 0 Å². The van der Waals surface area contributed by atoms with Crippen molar-refractivity contribution < 1.29 is 31.9 Å². The van der Waals surface area contributed by atoms with E-state index in [9.17, 15) is 22.6 Å². The van der Waals surface area contributed by atoms with Gasteiger partial charge in [0, 0.05) is 36.7 Å². The maximum absolute atomic E-state index is 12.3. The van der Waals surface area contributed by atoms with Gasteiger partial charge in [0.15, 0.2) is 11.0 Å². The minimum atomic E-state index is -4.38. The van der Waals surface area contributed by atoms with Gasteiger partial charge in [0.2, 0.25) is 5.91 Å². The van der Waals surface area contributed by atoms with Crippen molar-refractivity contribution in [2.75, 3.05) is 17.3 Å². The Hall–Kier alpha value is -3.50. The highest BCUT2D eigenvalue weighted by Crippen LogP contribution is 2.21. The molecule has 0 saturated heterocycles. The summed E-state index contributed by atoms with van der Waals surface area (Å²) in [6.45, 7) is 6.19. The Morgan fingerprint density at radius 1 is 1.14 bits per heavy atom. The zero-order valence-corrected chi connectivity index (χ0v) is 20.8. The summed E-state index contributed by atoms with van der Waals surface area (Å²) in [5.74, 6) is -0.464. The number of esters is 1. The molecule has 1 amide bonds. The number of nitrogens with zero attached hydrogens (tertiary/aromatic N) is 3. The van der Waals surface area contributed by atoms with Crippen LogP contribution in [-0.2, 0) is 32.7 Å². The Bertz CT molecular complexity index is 1350. The number of ether oxygens (including phenoxy) is 1. The first kappa shape index (κ1) is 26.1. The summed E-state index contributed by atoms with van der Waals surface area (Å²) in [6.07, 6.45) is 3.53. The molecule has 1 heterocycles. The number of carbonyl (C=O) groups is 2. The van der Waals surface area contributed by atoms with Gasteiger partial charge in [-0.1, -0.05) is 18.2 Å². The monoisotopic (exact) mass is 499 g/mol. The number of aryl methyl sites for hydroxylation is 2.